The van der Waals surface area contributed by atoms with Crippen LogP contribution in [-0.4, -0.2) is 48.4 Å². The van der Waals surface area contributed by atoms with E-state index < -0.39 is 0 Å². The van der Waals surface area contributed by atoms with Crippen LogP contribution in [0.3, 0.4) is 0 Å². The Morgan fingerprint density at radius 1 is 1.08 bits per heavy atom. The minimum absolute atomic E-state index is 0.0804. The predicted octanol–water partition coefficient (Wildman–Crippen LogP) is 3.46. The number of hydrogen-bond donors (Lipinski definition) is 1. The molecule has 0 aliphatic carbocycles. The average molecular weight is 358 g/mol. The smallest absolute Gasteiger partial charge is 0.224 e. The summed E-state index contributed by atoms with van der Waals surface area (Å²) in [6, 6.07) is 12.4. The van der Waals surface area contributed by atoms with Crippen LogP contribution in [0.4, 0.5) is 5.69 Å². The number of aryl methyl sites for hydroxylation is 1. The molecule has 25 heavy (non-hydrogen) atoms. The van der Waals surface area contributed by atoms with Gasteiger partial charge in [-0.15, -0.1) is 11.3 Å². The fraction of sp³-hybridized carbons (Fsp3) is 0.450. The highest BCUT2D eigenvalue weighted by Crippen LogP contribution is 2.15. The highest BCUT2D eigenvalue weighted by atomic mass is 32.1. The zero-order valence-electron chi connectivity index (χ0n) is 14.9. The molecule has 1 fully saturated rings. The molecule has 3 rings (SSSR count). The van der Waals surface area contributed by atoms with Gasteiger partial charge in [-0.25, -0.2) is 0 Å². The summed E-state index contributed by atoms with van der Waals surface area (Å²) in [6.07, 6.45) is 1.34. The molecule has 2 heterocycles. The van der Waals surface area contributed by atoms with Crippen molar-refractivity contribution in [1.82, 2.24) is 9.80 Å². The zero-order chi connectivity index (χ0) is 17.5. The summed E-state index contributed by atoms with van der Waals surface area (Å²) in [6.45, 7) is 8.95. The van der Waals surface area contributed by atoms with E-state index in [0.29, 0.717) is 6.42 Å². The Balaban J connectivity index is 1.43. The molecule has 0 unspecified atom stereocenters. The Morgan fingerprint density at radius 2 is 1.80 bits per heavy atom. The number of carbonyl (C=O) groups excluding carboxylic acids is 1. The first-order chi connectivity index (χ1) is 12.2. The second-order valence-corrected chi connectivity index (χ2v) is 7.57. The van der Waals surface area contributed by atoms with E-state index in [1.807, 2.05) is 23.6 Å². The van der Waals surface area contributed by atoms with Crippen LogP contribution in [0.15, 0.2) is 41.8 Å². The molecule has 1 amide bonds. The second-order valence-electron chi connectivity index (χ2n) is 6.53. The van der Waals surface area contributed by atoms with Gasteiger partial charge in [0.2, 0.25) is 5.91 Å². The number of hydrogen-bond acceptors (Lipinski definition) is 4. The molecule has 0 spiro atoms. The summed E-state index contributed by atoms with van der Waals surface area (Å²) >= 11 is 1.70. The van der Waals surface area contributed by atoms with Crippen molar-refractivity contribution in [2.75, 3.05) is 38.0 Å². The summed E-state index contributed by atoms with van der Waals surface area (Å²) in [5.74, 6) is 0.0804. The Kier molecular flexibility index (Phi) is 6.62. The molecular formula is C20H27N3OS. The molecule has 0 radical (unpaired) electrons. The quantitative estimate of drug-likeness (QED) is 0.824. The Morgan fingerprint density at radius 3 is 2.44 bits per heavy atom. The summed E-state index contributed by atoms with van der Waals surface area (Å²) in [4.78, 5) is 18.3. The zero-order valence-corrected chi connectivity index (χ0v) is 15.7. The Bertz CT molecular complexity index is 646. The standard InChI is InChI=1S/C20H27N3OS/c1-2-22-11-13-23(14-12-22)16-17-5-7-18(8-6-17)21-20(24)10-9-19-4-3-15-25-19/h3-8,15H,2,9-14,16H2,1H3,(H,21,24). The summed E-state index contributed by atoms with van der Waals surface area (Å²) < 4.78 is 0. The average Bonchev–Trinajstić information content (AvgIpc) is 3.16. The number of carbonyl (C=O) groups is 1. The lowest BCUT2D eigenvalue weighted by Gasteiger charge is -2.34. The number of rotatable bonds is 7. The fourth-order valence-electron chi connectivity index (χ4n) is 3.13. The summed E-state index contributed by atoms with van der Waals surface area (Å²) in [5.41, 5.74) is 2.19. The maximum atomic E-state index is 12.0. The van der Waals surface area contributed by atoms with E-state index in [2.05, 4.69) is 40.2 Å². The molecule has 2 aromatic rings. The van der Waals surface area contributed by atoms with Crippen LogP contribution < -0.4 is 5.32 Å². The number of thiophene rings is 1. The molecular weight excluding hydrogens is 330 g/mol. The van der Waals surface area contributed by atoms with Crippen LogP contribution in [0.2, 0.25) is 0 Å². The van der Waals surface area contributed by atoms with Gasteiger partial charge < -0.3 is 10.2 Å². The van der Waals surface area contributed by atoms with Gasteiger partial charge in [-0.05, 0) is 42.1 Å². The molecule has 1 N–H and O–H groups in total. The molecule has 0 atom stereocenters. The maximum absolute atomic E-state index is 12.0. The Hall–Kier alpha value is -1.69. The molecule has 1 aromatic carbocycles. The van der Waals surface area contributed by atoms with E-state index in [1.165, 1.54) is 10.4 Å². The number of piperazine rings is 1. The van der Waals surface area contributed by atoms with Gasteiger partial charge in [0, 0.05) is 49.7 Å². The molecule has 1 aliphatic heterocycles. The van der Waals surface area contributed by atoms with Crippen molar-refractivity contribution in [3.8, 4) is 0 Å². The minimum Gasteiger partial charge on any atom is -0.326 e. The van der Waals surface area contributed by atoms with E-state index in [1.54, 1.807) is 11.3 Å². The number of benzene rings is 1. The molecule has 1 aromatic heterocycles. The third kappa shape index (κ3) is 5.66. The highest BCUT2D eigenvalue weighted by molar-refractivity contribution is 7.09. The van der Waals surface area contributed by atoms with Crippen molar-refractivity contribution < 1.29 is 4.79 Å². The molecule has 1 saturated heterocycles. The van der Waals surface area contributed by atoms with Crippen LogP contribution >= 0.6 is 11.3 Å². The van der Waals surface area contributed by atoms with Crippen LogP contribution in [0.25, 0.3) is 0 Å². The molecule has 1 aliphatic rings. The van der Waals surface area contributed by atoms with Crippen molar-refractivity contribution in [1.29, 1.82) is 0 Å². The lowest BCUT2D eigenvalue weighted by atomic mass is 10.1. The summed E-state index contributed by atoms with van der Waals surface area (Å²) in [5, 5.41) is 5.04. The number of likely N-dealkylation sites (N-methyl/N-ethyl adjacent to an activating group) is 1. The van der Waals surface area contributed by atoms with Crippen molar-refractivity contribution in [2.45, 2.75) is 26.3 Å². The Labute approximate surface area is 154 Å². The first-order valence-electron chi connectivity index (χ1n) is 9.09. The third-order valence-corrected chi connectivity index (χ3v) is 5.67. The molecule has 0 saturated carbocycles. The van der Waals surface area contributed by atoms with E-state index in [9.17, 15) is 4.79 Å². The van der Waals surface area contributed by atoms with E-state index in [4.69, 9.17) is 0 Å². The van der Waals surface area contributed by atoms with Crippen molar-refractivity contribution in [2.24, 2.45) is 0 Å². The maximum Gasteiger partial charge on any atom is 0.224 e. The SMILES string of the molecule is CCN1CCN(Cc2ccc(NC(=O)CCc3cccs3)cc2)CC1. The van der Waals surface area contributed by atoms with E-state index in [-0.39, 0.29) is 5.91 Å². The number of nitrogens with one attached hydrogen (secondary N) is 1. The van der Waals surface area contributed by atoms with Crippen LogP contribution in [0, 0.1) is 0 Å². The van der Waals surface area contributed by atoms with Gasteiger partial charge >= 0.3 is 0 Å². The lowest BCUT2D eigenvalue weighted by Crippen LogP contribution is -2.45. The van der Waals surface area contributed by atoms with Crippen LogP contribution in [0.1, 0.15) is 23.8 Å². The second kappa shape index (κ2) is 9.13. The number of anilines is 1. The van der Waals surface area contributed by atoms with Crippen LogP contribution in [-0.2, 0) is 17.8 Å². The molecule has 5 heteroatoms. The molecule has 0 bridgehead atoms. The monoisotopic (exact) mass is 357 g/mol. The summed E-state index contributed by atoms with van der Waals surface area (Å²) in [7, 11) is 0. The van der Waals surface area contributed by atoms with Gasteiger partial charge in [0.15, 0.2) is 0 Å². The van der Waals surface area contributed by atoms with Gasteiger partial charge in [-0.3, -0.25) is 9.69 Å². The van der Waals surface area contributed by atoms with Gasteiger partial charge in [0.05, 0.1) is 0 Å². The highest BCUT2D eigenvalue weighted by Gasteiger charge is 2.15. The van der Waals surface area contributed by atoms with Crippen molar-refractivity contribution in [3.63, 3.8) is 0 Å². The predicted molar refractivity (Wildman–Crippen MR) is 105 cm³/mol. The normalized spacial score (nSPS) is 16.0. The first kappa shape index (κ1) is 18.1. The lowest BCUT2D eigenvalue weighted by molar-refractivity contribution is -0.116. The van der Waals surface area contributed by atoms with Crippen molar-refractivity contribution >= 4 is 22.9 Å². The van der Waals surface area contributed by atoms with E-state index >= 15 is 0 Å². The topological polar surface area (TPSA) is 35.6 Å². The van der Waals surface area contributed by atoms with Gasteiger partial charge in [0.1, 0.15) is 0 Å². The van der Waals surface area contributed by atoms with E-state index in [0.717, 1.165) is 51.4 Å². The first-order valence-corrected chi connectivity index (χ1v) is 9.97. The number of amides is 1. The molecule has 4 nitrogen and oxygen atoms in total. The minimum atomic E-state index is 0.0804. The third-order valence-electron chi connectivity index (χ3n) is 4.73. The molecule has 134 valence electrons. The largest absolute Gasteiger partial charge is 0.326 e. The van der Waals surface area contributed by atoms with Gasteiger partial charge in [-0.2, -0.15) is 0 Å². The van der Waals surface area contributed by atoms with Crippen molar-refractivity contribution in [3.05, 3.63) is 52.2 Å². The van der Waals surface area contributed by atoms with Gasteiger partial charge in [0.25, 0.3) is 0 Å². The fourth-order valence-corrected chi connectivity index (χ4v) is 3.84. The van der Waals surface area contributed by atoms with Gasteiger partial charge in [-0.1, -0.05) is 25.1 Å². The van der Waals surface area contributed by atoms with Crippen LogP contribution in [0.5, 0.6) is 0 Å². The number of nitrogens with zero attached hydrogens (tertiary/aromatic N) is 2.